The first-order valence-electron chi connectivity index (χ1n) is 7.34. The number of thioether (sulfide) groups is 1. The molecule has 2 aromatic carbocycles. The van der Waals surface area contributed by atoms with E-state index in [1.807, 2.05) is 42.5 Å². The number of H-pyrrole nitrogens is 1. The molecule has 1 aromatic heterocycles. The number of carbonyl (C=O) groups excluding carboxylic acids is 1. The standard InChI is InChI=1S/C17H16N4O2S/c18-15(22)14-8-6-13(7-9-14)11-24-17-20-19-16(23)21(17)10-12-4-2-1-3-5-12/h1-9H,10-11H2,(H2,18,22)(H,19,23). The molecule has 0 saturated heterocycles. The van der Waals surface area contributed by atoms with E-state index in [9.17, 15) is 9.59 Å². The van der Waals surface area contributed by atoms with Gasteiger partial charge in [-0.3, -0.25) is 9.36 Å². The minimum Gasteiger partial charge on any atom is -0.366 e. The highest BCUT2D eigenvalue weighted by Crippen LogP contribution is 2.20. The van der Waals surface area contributed by atoms with Crippen molar-refractivity contribution in [2.45, 2.75) is 17.5 Å². The molecular formula is C17H16N4O2S. The monoisotopic (exact) mass is 340 g/mol. The van der Waals surface area contributed by atoms with Crippen LogP contribution in [0.25, 0.3) is 0 Å². The fourth-order valence-electron chi connectivity index (χ4n) is 2.23. The third-order valence-electron chi connectivity index (χ3n) is 3.51. The van der Waals surface area contributed by atoms with Crippen LogP contribution in [-0.4, -0.2) is 20.7 Å². The van der Waals surface area contributed by atoms with Gasteiger partial charge in [0.15, 0.2) is 5.16 Å². The molecule has 0 saturated carbocycles. The van der Waals surface area contributed by atoms with Crippen LogP contribution in [0, 0.1) is 0 Å². The normalized spacial score (nSPS) is 10.7. The first-order valence-corrected chi connectivity index (χ1v) is 8.33. The number of carbonyl (C=O) groups is 1. The number of aromatic amines is 1. The number of nitrogens with two attached hydrogens (primary N) is 1. The van der Waals surface area contributed by atoms with Gasteiger partial charge in [0.05, 0.1) is 6.54 Å². The fourth-order valence-corrected chi connectivity index (χ4v) is 3.13. The molecule has 3 N–H and O–H groups in total. The van der Waals surface area contributed by atoms with Crippen molar-refractivity contribution in [1.29, 1.82) is 0 Å². The molecule has 0 aliphatic carbocycles. The van der Waals surface area contributed by atoms with Gasteiger partial charge in [-0.2, -0.15) is 0 Å². The van der Waals surface area contributed by atoms with Crippen LogP contribution in [0.2, 0.25) is 0 Å². The first kappa shape index (κ1) is 16.1. The number of aromatic nitrogens is 3. The Morgan fingerprint density at radius 3 is 2.46 bits per heavy atom. The lowest BCUT2D eigenvalue weighted by atomic mass is 10.1. The van der Waals surface area contributed by atoms with Crippen molar-refractivity contribution in [3.8, 4) is 0 Å². The predicted molar refractivity (Wildman–Crippen MR) is 92.9 cm³/mol. The van der Waals surface area contributed by atoms with E-state index in [-0.39, 0.29) is 5.69 Å². The summed E-state index contributed by atoms with van der Waals surface area (Å²) in [6.07, 6.45) is 0. The summed E-state index contributed by atoms with van der Waals surface area (Å²) in [4.78, 5) is 23.0. The van der Waals surface area contributed by atoms with E-state index < -0.39 is 5.91 Å². The molecule has 0 radical (unpaired) electrons. The number of nitrogens with zero attached hydrogens (tertiary/aromatic N) is 2. The molecule has 0 aliphatic heterocycles. The summed E-state index contributed by atoms with van der Waals surface area (Å²) < 4.78 is 1.61. The second-order valence-corrected chi connectivity index (χ2v) is 6.18. The zero-order valence-corrected chi connectivity index (χ0v) is 13.6. The van der Waals surface area contributed by atoms with Crippen molar-refractivity contribution < 1.29 is 4.79 Å². The Balaban J connectivity index is 1.72. The van der Waals surface area contributed by atoms with E-state index in [0.717, 1.165) is 11.1 Å². The SMILES string of the molecule is NC(=O)c1ccc(CSc2n[nH]c(=O)n2Cc2ccccc2)cc1. The van der Waals surface area contributed by atoms with Crippen LogP contribution in [0.3, 0.4) is 0 Å². The Hall–Kier alpha value is -2.80. The van der Waals surface area contributed by atoms with E-state index in [4.69, 9.17) is 5.73 Å². The molecule has 0 aliphatic rings. The molecule has 24 heavy (non-hydrogen) atoms. The summed E-state index contributed by atoms with van der Waals surface area (Å²) in [5, 5.41) is 7.21. The van der Waals surface area contributed by atoms with Gasteiger partial charge in [0.2, 0.25) is 5.91 Å². The molecule has 1 amide bonds. The van der Waals surface area contributed by atoms with Crippen LogP contribution in [-0.2, 0) is 12.3 Å². The molecule has 0 bridgehead atoms. The number of benzene rings is 2. The molecule has 7 heteroatoms. The molecular weight excluding hydrogens is 324 g/mol. The molecule has 0 unspecified atom stereocenters. The van der Waals surface area contributed by atoms with E-state index in [2.05, 4.69) is 10.2 Å². The maximum atomic E-state index is 12.0. The number of rotatable bonds is 6. The molecule has 1 heterocycles. The Morgan fingerprint density at radius 2 is 1.79 bits per heavy atom. The highest BCUT2D eigenvalue weighted by Gasteiger charge is 2.10. The summed E-state index contributed by atoms with van der Waals surface area (Å²) >= 11 is 1.46. The van der Waals surface area contributed by atoms with E-state index >= 15 is 0 Å². The van der Waals surface area contributed by atoms with Gasteiger partial charge in [0.25, 0.3) is 0 Å². The van der Waals surface area contributed by atoms with E-state index in [0.29, 0.717) is 23.0 Å². The molecule has 0 fully saturated rings. The largest absolute Gasteiger partial charge is 0.366 e. The molecule has 122 valence electrons. The number of hydrogen-bond donors (Lipinski definition) is 2. The molecule has 0 atom stereocenters. The average molecular weight is 340 g/mol. The van der Waals surface area contributed by atoms with Crippen molar-refractivity contribution in [3.05, 3.63) is 81.8 Å². The number of amides is 1. The zero-order chi connectivity index (χ0) is 16.9. The fraction of sp³-hybridized carbons (Fsp3) is 0.118. The maximum Gasteiger partial charge on any atom is 0.344 e. The molecule has 6 nitrogen and oxygen atoms in total. The topological polar surface area (TPSA) is 93.8 Å². The van der Waals surface area contributed by atoms with Crippen molar-refractivity contribution in [2.24, 2.45) is 5.73 Å². The Morgan fingerprint density at radius 1 is 1.08 bits per heavy atom. The van der Waals surface area contributed by atoms with Gasteiger partial charge in [-0.25, -0.2) is 9.89 Å². The lowest BCUT2D eigenvalue weighted by molar-refractivity contribution is 0.100. The van der Waals surface area contributed by atoms with E-state index in [1.54, 1.807) is 16.7 Å². The zero-order valence-electron chi connectivity index (χ0n) is 12.8. The van der Waals surface area contributed by atoms with Gasteiger partial charge in [-0.15, -0.1) is 5.10 Å². The van der Waals surface area contributed by atoms with Crippen LogP contribution < -0.4 is 11.4 Å². The summed E-state index contributed by atoms with van der Waals surface area (Å²) in [7, 11) is 0. The molecule has 3 aromatic rings. The second-order valence-electron chi connectivity index (χ2n) is 5.23. The summed E-state index contributed by atoms with van der Waals surface area (Å²) in [6, 6.07) is 16.8. The van der Waals surface area contributed by atoms with Gasteiger partial charge in [0, 0.05) is 11.3 Å². The number of primary amides is 1. The maximum absolute atomic E-state index is 12.0. The van der Waals surface area contributed by atoms with Crippen LogP contribution in [0.1, 0.15) is 21.5 Å². The Kier molecular flexibility index (Phi) is 4.81. The Labute approximate surface area is 142 Å². The summed E-state index contributed by atoms with van der Waals surface area (Å²) in [6.45, 7) is 0.471. The average Bonchev–Trinajstić information content (AvgIpc) is 2.94. The second kappa shape index (κ2) is 7.18. The number of hydrogen-bond acceptors (Lipinski definition) is 4. The van der Waals surface area contributed by atoms with Crippen LogP contribution in [0.15, 0.2) is 64.5 Å². The van der Waals surface area contributed by atoms with Crippen molar-refractivity contribution in [3.63, 3.8) is 0 Å². The van der Waals surface area contributed by atoms with Gasteiger partial charge in [-0.1, -0.05) is 54.2 Å². The smallest absolute Gasteiger partial charge is 0.344 e. The predicted octanol–water partition coefficient (Wildman–Crippen LogP) is 2.01. The molecule has 0 spiro atoms. The summed E-state index contributed by atoms with van der Waals surface area (Å²) in [5.41, 5.74) is 7.53. The first-order chi connectivity index (χ1) is 11.6. The van der Waals surface area contributed by atoms with Crippen molar-refractivity contribution >= 4 is 17.7 Å². The third-order valence-corrected chi connectivity index (χ3v) is 4.56. The third kappa shape index (κ3) is 3.75. The lowest BCUT2D eigenvalue weighted by Crippen LogP contribution is -2.18. The summed E-state index contributed by atoms with van der Waals surface area (Å²) in [5.74, 6) is 0.191. The van der Waals surface area contributed by atoms with E-state index in [1.165, 1.54) is 11.8 Å². The van der Waals surface area contributed by atoms with Gasteiger partial charge < -0.3 is 5.73 Å². The van der Waals surface area contributed by atoms with Crippen molar-refractivity contribution in [1.82, 2.24) is 14.8 Å². The van der Waals surface area contributed by atoms with Crippen LogP contribution in [0.5, 0.6) is 0 Å². The minimum atomic E-state index is -0.446. The van der Waals surface area contributed by atoms with Crippen LogP contribution in [0.4, 0.5) is 0 Å². The van der Waals surface area contributed by atoms with Gasteiger partial charge in [-0.05, 0) is 23.3 Å². The lowest BCUT2D eigenvalue weighted by Gasteiger charge is -2.06. The Bertz CT molecular complexity index is 885. The highest BCUT2D eigenvalue weighted by molar-refractivity contribution is 7.98. The quantitative estimate of drug-likeness (QED) is 0.671. The highest BCUT2D eigenvalue weighted by atomic mass is 32.2. The van der Waals surface area contributed by atoms with Gasteiger partial charge in [0.1, 0.15) is 0 Å². The van der Waals surface area contributed by atoms with Gasteiger partial charge >= 0.3 is 5.69 Å². The van der Waals surface area contributed by atoms with Crippen molar-refractivity contribution in [2.75, 3.05) is 0 Å². The van der Waals surface area contributed by atoms with Crippen LogP contribution >= 0.6 is 11.8 Å². The number of nitrogens with one attached hydrogen (secondary N) is 1. The molecule has 3 rings (SSSR count). The minimum absolute atomic E-state index is 0.231.